The van der Waals surface area contributed by atoms with Crippen LogP contribution in [-0.2, 0) is 0 Å². The predicted octanol–water partition coefficient (Wildman–Crippen LogP) is 1.73. The molecular formula is C14H15ClN6. The van der Waals surface area contributed by atoms with Crippen molar-refractivity contribution in [1.29, 1.82) is 0 Å². The highest BCUT2D eigenvalue weighted by molar-refractivity contribution is 6.31. The highest BCUT2D eigenvalue weighted by Crippen LogP contribution is 2.27. The topological polar surface area (TPSA) is 58.4 Å². The van der Waals surface area contributed by atoms with Crippen molar-refractivity contribution in [2.75, 3.05) is 25.0 Å². The molecule has 4 rings (SSSR count). The van der Waals surface area contributed by atoms with Gasteiger partial charge < -0.3 is 10.2 Å². The van der Waals surface area contributed by atoms with E-state index in [9.17, 15) is 0 Å². The molecule has 0 spiro atoms. The van der Waals surface area contributed by atoms with Gasteiger partial charge in [0, 0.05) is 24.2 Å². The highest BCUT2D eigenvalue weighted by Gasteiger charge is 2.25. The van der Waals surface area contributed by atoms with E-state index >= 15 is 0 Å². The minimum Gasteiger partial charge on any atom is -0.352 e. The molecule has 1 aromatic carbocycles. The van der Waals surface area contributed by atoms with Gasteiger partial charge in [-0.25, -0.2) is 4.98 Å². The summed E-state index contributed by atoms with van der Waals surface area (Å²) in [5.74, 6) is 0.889. The van der Waals surface area contributed by atoms with E-state index < -0.39 is 0 Å². The van der Waals surface area contributed by atoms with E-state index in [1.807, 2.05) is 29.6 Å². The molecule has 6 nitrogen and oxygen atoms in total. The van der Waals surface area contributed by atoms with Crippen LogP contribution in [0, 0.1) is 0 Å². The van der Waals surface area contributed by atoms with E-state index in [0.29, 0.717) is 11.1 Å². The van der Waals surface area contributed by atoms with Crippen LogP contribution in [-0.4, -0.2) is 45.8 Å². The molecule has 108 valence electrons. The minimum absolute atomic E-state index is 0.496. The maximum absolute atomic E-state index is 6.09. The Labute approximate surface area is 126 Å². The van der Waals surface area contributed by atoms with Crippen molar-refractivity contribution >= 4 is 34.1 Å². The number of hydrogen-bond donors (Lipinski definition) is 1. The zero-order chi connectivity index (χ0) is 14.4. The first-order valence-corrected chi connectivity index (χ1v) is 7.35. The average molecular weight is 303 g/mol. The summed E-state index contributed by atoms with van der Waals surface area (Å²) in [6, 6.07) is 6.18. The summed E-state index contributed by atoms with van der Waals surface area (Å²) in [7, 11) is 2.00. The zero-order valence-electron chi connectivity index (χ0n) is 11.6. The summed E-state index contributed by atoms with van der Waals surface area (Å²) in [6.45, 7) is 1.91. The van der Waals surface area contributed by atoms with Crippen LogP contribution < -0.4 is 10.2 Å². The van der Waals surface area contributed by atoms with Gasteiger partial charge in [0.05, 0.1) is 11.0 Å². The lowest BCUT2D eigenvalue weighted by Gasteiger charge is -2.18. The molecule has 0 bridgehead atoms. The predicted molar refractivity (Wildman–Crippen MR) is 83.0 cm³/mol. The van der Waals surface area contributed by atoms with Crippen molar-refractivity contribution in [2.24, 2.45) is 0 Å². The van der Waals surface area contributed by atoms with Gasteiger partial charge >= 0.3 is 0 Å². The largest absolute Gasteiger partial charge is 0.352 e. The summed E-state index contributed by atoms with van der Waals surface area (Å²) >= 11 is 6.09. The number of nitrogens with zero attached hydrogens (tertiary/aromatic N) is 5. The van der Waals surface area contributed by atoms with E-state index in [0.717, 1.165) is 42.0 Å². The van der Waals surface area contributed by atoms with Crippen LogP contribution in [0.5, 0.6) is 0 Å². The maximum atomic E-state index is 6.09. The van der Waals surface area contributed by atoms with Gasteiger partial charge in [0.25, 0.3) is 0 Å². The Morgan fingerprint density at radius 2 is 2.29 bits per heavy atom. The van der Waals surface area contributed by atoms with Crippen LogP contribution in [0.4, 0.5) is 5.82 Å². The first-order chi connectivity index (χ1) is 10.3. The van der Waals surface area contributed by atoms with Gasteiger partial charge in [-0.1, -0.05) is 11.6 Å². The van der Waals surface area contributed by atoms with Crippen LogP contribution in [0.1, 0.15) is 6.42 Å². The second-order valence-electron chi connectivity index (χ2n) is 5.31. The SMILES string of the molecule is CNC1CCN(c2nc3ccc(Cl)cc3n3cnnc23)C1. The number of nitrogens with one attached hydrogen (secondary N) is 1. The molecule has 1 N–H and O–H groups in total. The molecule has 3 heterocycles. The van der Waals surface area contributed by atoms with Gasteiger partial charge in [-0.2, -0.15) is 0 Å². The quantitative estimate of drug-likeness (QED) is 0.781. The van der Waals surface area contributed by atoms with E-state index in [2.05, 4.69) is 20.4 Å². The number of anilines is 1. The van der Waals surface area contributed by atoms with Gasteiger partial charge in [0.15, 0.2) is 5.82 Å². The highest BCUT2D eigenvalue weighted by atomic mass is 35.5. The van der Waals surface area contributed by atoms with Gasteiger partial charge in [0.1, 0.15) is 6.33 Å². The summed E-state index contributed by atoms with van der Waals surface area (Å²) in [5, 5.41) is 12.3. The Morgan fingerprint density at radius 3 is 3.10 bits per heavy atom. The standard InChI is InChI=1S/C14H15ClN6/c1-16-10-4-5-20(7-10)13-14-19-17-8-21(14)12-6-9(15)2-3-11(12)18-13/h2-3,6,8,10,16H,4-5,7H2,1H3. The molecule has 21 heavy (non-hydrogen) atoms. The number of aromatic nitrogens is 4. The Kier molecular flexibility index (Phi) is 2.94. The monoisotopic (exact) mass is 302 g/mol. The first-order valence-electron chi connectivity index (χ1n) is 6.97. The number of rotatable bonds is 2. The minimum atomic E-state index is 0.496. The lowest BCUT2D eigenvalue weighted by molar-refractivity contribution is 0.616. The van der Waals surface area contributed by atoms with Gasteiger partial charge in [-0.05, 0) is 31.7 Å². The molecule has 1 aliphatic rings. The van der Waals surface area contributed by atoms with Crippen LogP contribution in [0.25, 0.3) is 16.7 Å². The molecule has 1 atom stereocenters. The van der Waals surface area contributed by atoms with Crippen molar-refractivity contribution < 1.29 is 0 Å². The molecule has 0 saturated carbocycles. The third kappa shape index (κ3) is 2.02. The number of halogens is 1. The van der Waals surface area contributed by atoms with Crippen molar-refractivity contribution in [2.45, 2.75) is 12.5 Å². The third-order valence-electron chi connectivity index (χ3n) is 4.07. The van der Waals surface area contributed by atoms with Gasteiger partial charge in [-0.15, -0.1) is 10.2 Å². The summed E-state index contributed by atoms with van der Waals surface area (Å²) in [4.78, 5) is 7.05. The number of fused-ring (bicyclic) bond motifs is 3. The van der Waals surface area contributed by atoms with E-state index in [1.54, 1.807) is 6.33 Å². The lowest BCUT2D eigenvalue weighted by atomic mass is 10.3. The molecule has 1 fully saturated rings. The first kappa shape index (κ1) is 12.8. The Morgan fingerprint density at radius 1 is 1.38 bits per heavy atom. The summed E-state index contributed by atoms with van der Waals surface area (Å²) in [6.07, 6.45) is 2.82. The van der Waals surface area contributed by atoms with Gasteiger partial charge in [0.2, 0.25) is 5.65 Å². The Hall–Kier alpha value is -1.92. The third-order valence-corrected chi connectivity index (χ3v) is 4.30. The van der Waals surface area contributed by atoms with Crippen LogP contribution in [0.15, 0.2) is 24.5 Å². The molecule has 0 radical (unpaired) electrons. The zero-order valence-corrected chi connectivity index (χ0v) is 12.4. The average Bonchev–Trinajstić information content (AvgIpc) is 3.16. The maximum Gasteiger partial charge on any atom is 0.204 e. The molecule has 1 saturated heterocycles. The second kappa shape index (κ2) is 4.82. The number of hydrogen-bond acceptors (Lipinski definition) is 5. The Balaban J connectivity index is 1.92. The fourth-order valence-electron chi connectivity index (χ4n) is 2.91. The molecule has 2 aromatic heterocycles. The molecule has 1 unspecified atom stereocenters. The fourth-order valence-corrected chi connectivity index (χ4v) is 3.08. The normalized spacial score (nSPS) is 19.0. The second-order valence-corrected chi connectivity index (χ2v) is 5.75. The van der Waals surface area contributed by atoms with E-state index in [-0.39, 0.29) is 0 Å². The lowest BCUT2D eigenvalue weighted by Crippen LogP contribution is -2.30. The van der Waals surface area contributed by atoms with Crippen LogP contribution in [0.3, 0.4) is 0 Å². The molecule has 0 amide bonds. The summed E-state index contributed by atoms with van der Waals surface area (Å²) in [5.41, 5.74) is 2.60. The molecule has 3 aromatic rings. The van der Waals surface area contributed by atoms with Crippen molar-refractivity contribution in [3.05, 3.63) is 29.5 Å². The van der Waals surface area contributed by atoms with Crippen molar-refractivity contribution in [1.82, 2.24) is 24.9 Å². The summed E-state index contributed by atoms with van der Waals surface area (Å²) < 4.78 is 1.95. The number of likely N-dealkylation sites (N-methyl/N-ethyl adjacent to an activating group) is 1. The van der Waals surface area contributed by atoms with Crippen LogP contribution >= 0.6 is 11.6 Å². The Bertz CT molecular complexity index is 814. The molecule has 7 heteroatoms. The fraction of sp³-hybridized carbons (Fsp3) is 0.357. The van der Waals surface area contributed by atoms with E-state index in [4.69, 9.17) is 16.6 Å². The van der Waals surface area contributed by atoms with Crippen molar-refractivity contribution in [3.63, 3.8) is 0 Å². The van der Waals surface area contributed by atoms with Crippen LogP contribution in [0.2, 0.25) is 5.02 Å². The number of benzene rings is 1. The van der Waals surface area contributed by atoms with Gasteiger partial charge in [-0.3, -0.25) is 4.40 Å². The molecular weight excluding hydrogens is 288 g/mol. The van der Waals surface area contributed by atoms with Crippen molar-refractivity contribution in [3.8, 4) is 0 Å². The van der Waals surface area contributed by atoms with E-state index in [1.165, 1.54) is 0 Å². The molecule has 1 aliphatic heterocycles. The molecule has 0 aliphatic carbocycles. The smallest absolute Gasteiger partial charge is 0.204 e.